The summed E-state index contributed by atoms with van der Waals surface area (Å²) in [7, 11) is 0. The van der Waals surface area contributed by atoms with Crippen molar-refractivity contribution in [3.05, 3.63) is 95.6 Å². The van der Waals surface area contributed by atoms with Crippen LogP contribution in [0.4, 0.5) is 11.4 Å². The van der Waals surface area contributed by atoms with E-state index in [2.05, 4.69) is 54.0 Å². The average Bonchev–Trinajstić information content (AvgIpc) is 2.77. The van der Waals surface area contributed by atoms with Gasteiger partial charge in [-0.3, -0.25) is 14.5 Å². The van der Waals surface area contributed by atoms with Gasteiger partial charge in [-0.05, 0) is 26.0 Å². The van der Waals surface area contributed by atoms with Gasteiger partial charge in [-0.15, -0.1) is 0 Å². The zero-order chi connectivity index (χ0) is 21.1. The number of nitrogens with zero attached hydrogens (tertiary/aromatic N) is 1. The monoisotopic (exact) mass is 400 g/mol. The molecular weight excluding hydrogens is 374 g/mol. The first-order chi connectivity index (χ1) is 14.5. The Morgan fingerprint density at radius 3 is 2.30 bits per heavy atom. The molecule has 5 nitrogen and oxygen atoms in total. The molecule has 5 heteroatoms. The summed E-state index contributed by atoms with van der Waals surface area (Å²) in [5.74, 6) is -0.252. The van der Waals surface area contributed by atoms with Crippen molar-refractivity contribution in [2.24, 2.45) is 0 Å². The lowest BCUT2D eigenvalue weighted by molar-refractivity contribution is -0.704. The first kappa shape index (κ1) is 19.9. The number of quaternary nitrogens is 1. The van der Waals surface area contributed by atoms with Crippen LogP contribution in [-0.4, -0.2) is 24.4 Å². The molecule has 0 saturated heterocycles. The quantitative estimate of drug-likeness (QED) is 0.691. The smallest absolute Gasteiger partial charge is 0.285 e. The third kappa shape index (κ3) is 4.11. The van der Waals surface area contributed by atoms with Crippen molar-refractivity contribution < 1.29 is 14.9 Å². The molecule has 0 fully saturated rings. The van der Waals surface area contributed by atoms with Crippen molar-refractivity contribution in [3.63, 3.8) is 0 Å². The van der Waals surface area contributed by atoms with Gasteiger partial charge < -0.3 is 10.6 Å². The summed E-state index contributed by atoms with van der Waals surface area (Å²) in [5, 5.41) is 4.92. The van der Waals surface area contributed by atoms with E-state index in [4.69, 9.17) is 0 Å². The number of nitrogens with one attached hydrogen (secondary N) is 1. The Bertz CT molecular complexity index is 1050. The fourth-order valence-corrected chi connectivity index (χ4v) is 3.90. The molecule has 0 radical (unpaired) electrons. The largest absolute Gasteiger partial charge is 0.326 e. The van der Waals surface area contributed by atoms with Gasteiger partial charge in [0.15, 0.2) is 6.04 Å². The number of benzene rings is 3. The molecule has 3 aromatic carbocycles. The maximum atomic E-state index is 13.4. The molecule has 30 heavy (non-hydrogen) atoms. The van der Waals surface area contributed by atoms with Crippen LogP contribution in [0.15, 0.2) is 78.9 Å². The second-order valence-corrected chi connectivity index (χ2v) is 7.77. The lowest BCUT2D eigenvalue weighted by atomic mass is 9.97. The fourth-order valence-electron chi connectivity index (χ4n) is 3.90. The topological polar surface area (TPSA) is 66.0 Å². The van der Waals surface area contributed by atoms with E-state index in [1.807, 2.05) is 49.4 Å². The number of rotatable bonds is 5. The Labute approximate surface area is 176 Å². The molecule has 152 valence electrons. The van der Waals surface area contributed by atoms with Gasteiger partial charge in [0.1, 0.15) is 12.6 Å². The highest BCUT2D eigenvalue weighted by Gasteiger charge is 2.33. The van der Waals surface area contributed by atoms with Crippen molar-refractivity contribution in [3.8, 4) is 0 Å². The Morgan fingerprint density at radius 1 is 0.933 bits per heavy atom. The minimum absolute atomic E-state index is 0.0142. The third-order valence-electron chi connectivity index (χ3n) is 5.50. The molecule has 3 aromatic rings. The molecule has 0 unspecified atom stereocenters. The number of hydrogen-bond donors (Lipinski definition) is 2. The van der Waals surface area contributed by atoms with E-state index in [1.165, 1.54) is 5.56 Å². The SMILES string of the molecule is Cc1ccc([C@@H]([NH2+][C@@H](C)C(=O)N2CC(=O)Nc3ccccc32)c2ccccc2)cc1. The molecule has 1 aliphatic rings. The molecule has 0 bridgehead atoms. The number of aryl methyl sites for hydroxylation is 1. The maximum absolute atomic E-state index is 13.4. The Kier molecular flexibility index (Phi) is 5.63. The van der Waals surface area contributed by atoms with Gasteiger partial charge in [0.05, 0.1) is 11.4 Å². The van der Waals surface area contributed by atoms with Gasteiger partial charge >= 0.3 is 0 Å². The summed E-state index contributed by atoms with van der Waals surface area (Å²) >= 11 is 0. The van der Waals surface area contributed by atoms with E-state index < -0.39 is 0 Å². The van der Waals surface area contributed by atoms with Gasteiger partial charge in [-0.25, -0.2) is 0 Å². The second kappa shape index (κ2) is 8.51. The molecule has 0 saturated carbocycles. The molecule has 1 heterocycles. The van der Waals surface area contributed by atoms with Crippen molar-refractivity contribution in [2.45, 2.75) is 25.9 Å². The Hall–Kier alpha value is -3.44. The highest BCUT2D eigenvalue weighted by molar-refractivity contribution is 6.10. The lowest BCUT2D eigenvalue weighted by Gasteiger charge is -2.31. The summed E-state index contributed by atoms with van der Waals surface area (Å²) in [6.07, 6.45) is 0. The van der Waals surface area contributed by atoms with Crippen LogP contribution >= 0.6 is 0 Å². The summed E-state index contributed by atoms with van der Waals surface area (Å²) < 4.78 is 0. The normalized spacial score (nSPS) is 15.1. The number of carbonyl (C=O) groups excluding carboxylic acids is 2. The van der Waals surface area contributed by atoms with Crippen LogP contribution in [0.25, 0.3) is 0 Å². The number of amides is 2. The molecule has 1 aliphatic heterocycles. The summed E-state index contributed by atoms with van der Waals surface area (Å²) in [4.78, 5) is 27.1. The van der Waals surface area contributed by atoms with Crippen molar-refractivity contribution in [2.75, 3.05) is 16.8 Å². The first-order valence-corrected chi connectivity index (χ1v) is 10.2. The molecule has 2 atom stereocenters. The molecule has 3 N–H and O–H groups in total. The van der Waals surface area contributed by atoms with Gasteiger partial charge in [0, 0.05) is 11.1 Å². The molecular formula is C25H26N3O2+. The fraction of sp³-hybridized carbons (Fsp3) is 0.200. The van der Waals surface area contributed by atoms with Gasteiger partial charge in [-0.2, -0.15) is 0 Å². The number of hydrogen-bond acceptors (Lipinski definition) is 2. The summed E-state index contributed by atoms with van der Waals surface area (Å²) in [6.45, 7) is 4.01. The number of carbonyl (C=O) groups is 2. The number of fused-ring (bicyclic) bond motifs is 1. The van der Waals surface area contributed by atoms with E-state index in [9.17, 15) is 9.59 Å². The van der Waals surface area contributed by atoms with Crippen LogP contribution in [0.5, 0.6) is 0 Å². The van der Waals surface area contributed by atoms with Gasteiger partial charge in [0.25, 0.3) is 5.91 Å². The van der Waals surface area contributed by atoms with Crippen LogP contribution in [0.2, 0.25) is 0 Å². The molecule has 0 aromatic heterocycles. The van der Waals surface area contributed by atoms with Crippen LogP contribution < -0.4 is 15.5 Å². The van der Waals surface area contributed by atoms with E-state index in [0.29, 0.717) is 5.69 Å². The molecule has 0 aliphatic carbocycles. The van der Waals surface area contributed by atoms with E-state index >= 15 is 0 Å². The van der Waals surface area contributed by atoms with Crippen molar-refractivity contribution >= 4 is 23.2 Å². The van der Waals surface area contributed by atoms with Crippen molar-refractivity contribution in [1.82, 2.24) is 0 Å². The first-order valence-electron chi connectivity index (χ1n) is 10.2. The predicted octanol–water partition coefficient (Wildman–Crippen LogP) is 3.02. The maximum Gasteiger partial charge on any atom is 0.285 e. The highest BCUT2D eigenvalue weighted by atomic mass is 16.2. The number of anilines is 2. The van der Waals surface area contributed by atoms with Crippen LogP contribution in [0.3, 0.4) is 0 Å². The highest BCUT2D eigenvalue weighted by Crippen LogP contribution is 2.29. The Morgan fingerprint density at radius 2 is 1.57 bits per heavy atom. The van der Waals surface area contributed by atoms with Gasteiger partial charge in [0.2, 0.25) is 5.91 Å². The third-order valence-corrected chi connectivity index (χ3v) is 5.50. The minimum atomic E-state index is -0.365. The molecule has 0 spiro atoms. The van der Waals surface area contributed by atoms with E-state index in [-0.39, 0.29) is 30.4 Å². The lowest BCUT2D eigenvalue weighted by Crippen LogP contribution is -2.93. The zero-order valence-corrected chi connectivity index (χ0v) is 17.2. The molecule has 4 rings (SSSR count). The van der Waals surface area contributed by atoms with E-state index in [1.54, 1.807) is 4.90 Å². The number of nitrogens with two attached hydrogens (primary N) is 1. The van der Waals surface area contributed by atoms with Crippen LogP contribution in [0, 0.1) is 6.92 Å². The van der Waals surface area contributed by atoms with Crippen molar-refractivity contribution in [1.29, 1.82) is 0 Å². The summed E-state index contributed by atoms with van der Waals surface area (Å²) in [5.41, 5.74) is 4.90. The average molecular weight is 401 g/mol. The summed E-state index contributed by atoms with van der Waals surface area (Å²) in [6, 6.07) is 25.7. The Balaban J connectivity index is 1.61. The molecule has 2 amide bonds. The minimum Gasteiger partial charge on any atom is -0.326 e. The standard InChI is InChI=1S/C25H25N3O2/c1-17-12-14-20(15-13-17)24(19-8-4-3-5-9-19)26-18(2)25(30)28-16-23(29)27-21-10-6-7-11-22(21)28/h3-15,18,24,26H,16H2,1-2H3,(H,27,29)/p+1/t18-,24-/m0/s1. The second-order valence-electron chi connectivity index (χ2n) is 7.77. The van der Waals surface area contributed by atoms with Crippen LogP contribution in [0.1, 0.15) is 29.7 Å². The van der Waals surface area contributed by atoms with E-state index in [0.717, 1.165) is 16.8 Å². The van der Waals surface area contributed by atoms with Crippen LogP contribution in [-0.2, 0) is 9.59 Å². The van der Waals surface area contributed by atoms with Gasteiger partial charge in [-0.1, -0.05) is 72.3 Å². The predicted molar refractivity (Wildman–Crippen MR) is 118 cm³/mol. The zero-order valence-electron chi connectivity index (χ0n) is 17.2. The number of para-hydroxylation sites is 2.